The maximum atomic E-state index is 13.3. The first-order valence-corrected chi connectivity index (χ1v) is 11.5. The van der Waals surface area contributed by atoms with Crippen molar-refractivity contribution in [1.82, 2.24) is 0 Å². The molecule has 0 N–H and O–H groups in total. The Morgan fingerprint density at radius 2 is 1.75 bits per heavy atom. The Balaban J connectivity index is 1.56. The van der Waals surface area contributed by atoms with E-state index in [0.717, 1.165) is 22.5 Å². The van der Waals surface area contributed by atoms with Crippen LogP contribution in [-0.2, 0) is 33.3 Å². The minimum absolute atomic E-state index is 0.196. The highest BCUT2D eigenvalue weighted by Crippen LogP contribution is 2.78. The van der Waals surface area contributed by atoms with Gasteiger partial charge in [-0.15, -0.1) is 0 Å². The molecule has 0 aromatic rings. The van der Waals surface area contributed by atoms with Crippen molar-refractivity contribution in [3.8, 4) is 0 Å². The molecule has 7 nitrogen and oxygen atoms in total. The van der Waals surface area contributed by atoms with E-state index in [1.54, 1.807) is 6.08 Å². The highest BCUT2D eigenvalue weighted by molar-refractivity contribution is 5.88. The molecule has 0 aromatic heterocycles. The lowest BCUT2D eigenvalue weighted by molar-refractivity contribution is -0.179. The molecule has 1 saturated carbocycles. The van der Waals surface area contributed by atoms with E-state index >= 15 is 0 Å². The molecule has 2 aliphatic carbocycles. The SMILES string of the molecule is C[C@H]1O[C@@H]2OC(=O)[C@]3(C)C[C@@]4(C)[C@]5(CO5)C5=CC(=O)OC(C)(C)C5=C[C@@H]5OC1=C([C@H]23)[C@@]54C. The first-order chi connectivity index (χ1) is 14.9. The Bertz CT molecular complexity index is 1120. The lowest BCUT2D eigenvalue weighted by Gasteiger charge is -2.58. The smallest absolute Gasteiger partial charge is 0.332 e. The molecule has 32 heavy (non-hydrogen) atoms. The number of hydrogen-bond donors (Lipinski definition) is 0. The molecule has 0 radical (unpaired) electrons. The fraction of sp³-hybridized carbons (Fsp3) is 0.680. The summed E-state index contributed by atoms with van der Waals surface area (Å²) < 4.78 is 30.7. The first-order valence-electron chi connectivity index (χ1n) is 11.5. The molecule has 0 amide bonds. The number of cyclic esters (lactones) is 1. The van der Waals surface area contributed by atoms with Crippen LogP contribution in [0, 0.1) is 22.2 Å². The molecule has 7 rings (SSSR count). The number of carbonyl (C=O) groups excluding carboxylic acids is 2. The lowest BCUT2D eigenvalue weighted by Crippen LogP contribution is -2.62. The van der Waals surface area contributed by atoms with E-state index < -0.39 is 33.7 Å². The van der Waals surface area contributed by atoms with Crippen LogP contribution in [-0.4, -0.2) is 48.2 Å². The summed E-state index contributed by atoms with van der Waals surface area (Å²) in [4.78, 5) is 25.9. The second-order valence-electron chi connectivity index (χ2n) is 11.7. The average molecular weight is 440 g/mol. The minimum atomic E-state index is -0.809. The van der Waals surface area contributed by atoms with Crippen molar-refractivity contribution in [3.05, 3.63) is 34.6 Å². The van der Waals surface area contributed by atoms with Crippen LogP contribution in [0.5, 0.6) is 0 Å². The van der Waals surface area contributed by atoms with Crippen molar-refractivity contribution < 1.29 is 33.3 Å². The van der Waals surface area contributed by atoms with Crippen LogP contribution >= 0.6 is 0 Å². The van der Waals surface area contributed by atoms with Crippen molar-refractivity contribution in [2.24, 2.45) is 22.2 Å². The molecule has 0 bridgehead atoms. The maximum Gasteiger partial charge on any atom is 0.332 e. The summed E-state index contributed by atoms with van der Waals surface area (Å²) in [5.74, 6) is 0.0303. The van der Waals surface area contributed by atoms with E-state index in [2.05, 4.69) is 19.9 Å². The van der Waals surface area contributed by atoms with E-state index in [1.807, 2.05) is 27.7 Å². The Morgan fingerprint density at radius 3 is 2.44 bits per heavy atom. The summed E-state index contributed by atoms with van der Waals surface area (Å²) in [5, 5.41) is 0. The highest BCUT2D eigenvalue weighted by Gasteiger charge is 2.82. The molecule has 7 heteroatoms. The van der Waals surface area contributed by atoms with E-state index in [0.29, 0.717) is 13.0 Å². The number of esters is 2. The van der Waals surface area contributed by atoms with Crippen LogP contribution in [0.1, 0.15) is 48.0 Å². The van der Waals surface area contributed by atoms with Gasteiger partial charge in [-0.25, -0.2) is 4.79 Å². The van der Waals surface area contributed by atoms with Crippen LogP contribution in [0.25, 0.3) is 0 Å². The average Bonchev–Trinajstić information content (AvgIpc) is 3.39. The third-order valence-electron chi connectivity index (χ3n) is 9.82. The monoisotopic (exact) mass is 440 g/mol. The predicted molar refractivity (Wildman–Crippen MR) is 110 cm³/mol. The molecular formula is C25H28O7. The molecule has 170 valence electrons. The van der Waals surface area contributed by atoms with E-state index in [9.17, 15) is 9.59 Å². The van der Waals surface area contributed by atoms with Gasteiger partial charge in [0.1, 0.15) is 29.2 Å². The predicted octanol–water partition coefficient (Wildman–Crippen LogP) is 2.95. The summed E-state index contributed by atoms with van der Waals surface area (Å²) >= 11 is 0. The number of epoxide rings is 1. The fourth-order valence-electron chi connectivity index (χ4n) is 8.03. The number of carbonyl (C=O) groups is 2. The lowest BCUT2D eigenvalue weighted by atomic mass is 9.42. The van der Waals surface area contributed by atoms with Gasteiger partial charge in [0.15, 0.2) is 0 Å². The van der Waals surface area contributed by atoms with Gasteiger partial charge < -0.3 is 23.7 Å². The molecule has 0 aromatic carbocycles. The normalized spacial score (nSPS) is 53.4. The van der Waals surface area contributed by atoms with Crippen molar-refractivity contribution in [3.63, 3.8) is 0 Å². The fourth-order valence-corrected chi connectivity index (χ4v) is 8.03. The topological polar surface area (TPSA) is 83.6 Å². The van der Waals surface area contributed by atoms with Crippen LogP contribution in [0.2, 0.25) is 0 Å². The second kappa shape index (κ2) is 5.02. The first kappa shape index (κ1) is 19.4. The quantitative estimate of drug-likeness (QED) is 0.423. The molecule has 1 spiro atoms. The van der Waals surface area contributed by atoms with Gasteiger partial charge >= 0.3 is 11.9 Å². The van der Waals surface area contributed by atoms with Crippen LogP contribution in [0.3, 0.4) is 0 Å². The molecular weight excluding hydrogens is 412 g/mol. The van der Waals surface area contributed by atoms with Gasteiger partial charge in [0.2, 0.25) is 6.29 Å². The Labute approximate surface area is 186 Å². The van der Waals surface area contributed by atoms with Crippen LogP contribution < -0.4 is 0 Å². The molecule has 3 fully saturated rings. The summed E-state index contributed by atoms with van der Waals surface area (Å²) in [7, 11) is 0. The molecule has 7 aliphatic rings. The zero-order chi connectivity index (χ0) is 22.6. The van der Waals surface area contributed by atoms with Crippen molar-refractivity contribution in [2.75, 3.05) is 6.61 Å². The highest BCUT2D eigenvalue weighted by atomic mass is 16.7. The summed E-state index contributed by atoms with van der Waals surface area (Å²) in [6.07, 6.45) is 3.08. The standard InChI is InChI=1S/C25H28O7/c1-11-18-16-17-19(29-11)31-20(27)22(17,4)9-23(5)24(16,6)14(30-18)7-12-13(25(23)10-28-25)8-15(26)32-21(12,2)3/h7-8,11,14,17,19H,9-10H2,1-6H3/t11-,14+,17-,19-,22-,23-,24-,25+/m1/s1. The third kappa shape index (κ3) is 1.73. The molecule has 8 atom stereocenters. The van der Waals surface area contributed by atoms with Gasteiger partial charge in [-0.1, -0.05) is 13.8 Å². The van der Waals surface area contributed by atoms with Gasteiger partial charge in [0.25, 0.3) is 0 Å². The molecule has 5 aliphatic heterocycles. The number of rotatable bonds is 0. The zero-order valence-electron chi connectivity index (χ0n) is 19.2. The van der Waals surface area contributed by atoms with Gasteiger partial charge in [0, 0.05) is 28.1 Å². The van der Waals surface area contributed by atoms with Gasteiger partial charge in [-0.05, 0) is 45.8 Å². The Kier molecular flexibility index (Phi) is 3.04. The van der Waals surface area contributed by atoms with Crippen molar-refractivity contribution >= 4 is 11.9 Å². The Morgan fingerprint density at radius 1 is 1.03 bits per heavy atom. The van der Waals surface area contributed by atoms with Gasteiger partial charge in [0.05, 0.1) is 17.9 Å². The second-order valence-corrected chi connectivity index (χ2v) is 11.7. The van der Waals surface area contributed by atoms with E-state index in [1.165, 1.54) is 0 Å². The minimum Gasteiger partial charge on any atom is -0.487 e. The van der Waals surface area contributed by atoms with E-state index in [4.69, 9.17) is 23.7 Å². The van der Waals surface area contributed by atoms with Crippen molar-refractivity contribution in [2.45, 2.75) is 77.7 Å². The number of fused-ring (bicyclic) bond motifs is 3. The van der Waals surface area contributed by atoms with Gasteiger partial charge in [-0.2, -0.15) is 0 Å². The third-order valence-corrected chi connectivity index (χ3v) is 9.82. The van der Waals surface area contributed by atoms with Crippen LogP contribution in [0.4, 0.5) is 0 Å². The Hall–Kier alpha value is -2.12. The molecule has 2 saturated heterocycles. The van der Waals surface area contributed by atoms with Gasteiger partial charge in [-0.3, -0.25) is 4.79 Å². The number of ether oxygens (including phenoxy) is 5. The van der Waals surface area contributed by atoms with Crippen LogP contribution in [0.15, 0.2) is 34.6 Å². The molecule has 5 heterocycles. The molecule has 0 unspecified atom stereocenters. The number of hydrogen-bond acceptors (Lipinski definition) is 7. The van der Waals surface area contributed by atoms with Crippen molar-refractivity contribution in [1.29, 1.82) is 0 Å². The van der Waals surface area contributed by atoms with E-state index in [-0.39, 0.29) is 30.1 Å². The largest absolute Gasteiger partial charge is 0.487 e. The summed E-state index contributed by atoms with van der Waals surface area (Å²) in [6, 6.07) is 0. The maximum absolute atomic E-state index is 13.3. The summed E-state index contributed by atoms with van der Waals surface area (Å²) in [5.41, 5.74) is -0.314. The zero-order valence-corrected chi connectivity index (χ0v) is 19.2. The summed E-state index contributed by atoms with van der Waals surface area (Å²) in [6.45, 7) is 12.7.